The highest BCUT2D eigenvalue weighted by Crippen LogP contribution is 2.40. The fourth-order valence-corrected chi connectivity index (χ4v) is 3.38. The first kappa shape index (κ1) is 13.7. The molecule has 1 aromatic carbocycles. The van der Waals surface area contributed by atoms with Crippen LogP contribution in [0.1, 0.15) is 31.9 Å². The summed E-state index contributed by atoms with van der Waals surface area (Å²) in [6, 6.07) is 3.20. The number of anilines is 2. The molecule has 2 aliphatic rings. The number of amides is 1. The van der Waals surface area contributed by atoms with Crippen LogP contribution in [0.5, 0.6) is 0 Å². The van der Waals surface area contributed by atoms with Crippen molar-refractivity contribution in [3.63, 3.8) is 0 Å². The molecule has 0 aromatic heterocycles. The number of carbonyl (C=O) groups excluding carboxylic acids is 1. The molecule has 0 aliphatic carbocycles. The van der Waals surface area contributed by atoms with Gasteiger partial charge in [-0.1, -0.05) is 25.4 Å². The first-order valence-electron chi connectivity index (χ1n) is 7.12. The minimum atomic E-state index is -0.599. The van der Waals surface area contributed by atoms with Gasteiger partial charge in [0.05, 0.1) is 10.7 Å². The molecule has 1 saturated heterocycles. The number of halogens is 1. The largest absolute Gasteiger partial charge is 0.370 e. The number of nitrogens with one attached hydrogen (secondary N) is 1. The van der Waals surface area contributed by atoms with E-state index in [9.17, 15) is 4.79 Å². The first-order valence-corrected chi connectivity index (χ1v) is 7.50. The molecule has 2 heterocycles. The molecule has 1 fully saturated rings. The van der Waals surface area contributed by atoms with E-state index in [4.69, 9.17) is 17.3 Å². The van der Waals surface area contributed by atoms with Gasteiger partial charge in [-0.15, -0.1) is 0 Å². The number of nitrogens with zero attached hydrogens (tertiary/aromatic N) is 1. The zero-order valence-electron chi connectivity index (χ0n) is 11.8. The smallest absolute Gasteiger partial charge is 0.245 e. The van der Waals surface area contributed by atoms with Crippen molar-refractivity contribution in [3.05, 3.63) is 22.7 Å². The fraction of sp³-hybridized carbons (Fsp3) is 0.533. The number of nitrogens with two attached hydrogens (primary N) is 1. The summed E-state index contributed by atoms with van der Waals surface area (Å²) in [4.78, 5) is 13.9. The molecule has 0 spiro atoms. The van der Waals surface area contributed by atoms with Gasteiger partial charge < -0.3 is 16.0 Å². The van der Waals surface area contributed by atoms with E-state index in [1.54, 1.807) is 0 Å². The van der Waals surface area contributed by atoms with Gasteiger partial charge in [0.2, 0.25) is 5.91 Å². The average Bonchev–Trinajstić information content (AvgIpc) is 2.97. The molecule has 2 aliphatic heterocycles. The average molecular weight is 294 g/mol. The summed E-state index contributed by atoms with van der Waals surface area (Å²) in [6.07, 6.45) is 1.19. The van der Waals surface area contributed by atoms with E-state index in [0.29, 0.717) is 16.9 Å². The number of benzene rings is 1. The molecule has 3 N–H and O–H groups in total. The van der Waals surface area contributed by atoms with Crippen molar-refractivity contribution in [1.82, 2.24) is 0 Å². The summed E-state index contributed by atoms with van der Waals surface area (Å²) in [5, 5.41) is 3.50. The van der Waals surface area contributed by atoms with Gasteiger partial charge in [-0.3, -0.25) is 4.79 Å². The minimum Gasteiger partial charge on any atom is -0.370 e. The molecule has 2 atom stereocenters. The van der Waals surface area contributed by atoms with E-state index >= 15 is 0 Å². The van der Waals surface area contributed by atoms with E-state index in [1.165, 1.54) is 6.42 Å². The van der Waals surface area contributed by atoms with Crippen LogP contribution in [0.3, 0.4) is 0 Å². The fourth-order valence-electron chi connectivity index (χ4n) is 3.09. The lowest BCUT2D eigenvalue weighted by molar-refractivity contribution is -0.116. The highest BCUT2D eigenvalue weighted by Gasteiger charge is 2.31. The Labute approximate surface area is 124 Å². The molecule has 5 heteroatoms. The van der Waals surface area contributed by atoms with Gasteiger partial charge in [0.1, 0.15) is 6.04 Å². The second-order valence-corrected chi connectivity index (χ2v) is 6.50. The SMILES string of the molecule is CC(C)C1CCN(c2cc3c(cc2Cl)C(N)C(=O)N3)C1. The number of fused-ring (bicyclic) bond motifs is 1. The Morgan fingerprint density at radius 1 is 1.45 bits per heavy atom. The van der Waals surface area contributed by atoms with Crippen LogP contribution in [-0.4, -0.2) is 19.0 Å². The van der Waals surface area contributed by atoms with Crippen molar-refractivity contribution < 1.29 is 4.79 Å². The maximum Gasteiger partial charge on any atom is 0.245 e. The summed E-state index contributed by atoms with van der Waals surface area (Å²) >= 11 is 6.39. The zero-order valence-corrected chi connectivity index (χ0v) is 12.6. The Balaban J connectivity index is 1.89. The minimum absolute atomic E-state index is 0.158. The van der Waals surface area contributed by atoms with Gasteiger partial charge in [-0.25, -0.2) is 0 Å². The number of rotatable bonds is 2. The van der Waals surface area contributed by atoms with Crippen LogP contribution in [0.4, 0.5) is 11.4 Å². The number of hydrogen-bond acceptors (Lipinski definition) is 3. The van der Waals surface area contributed by atoms with Gasteiger partial charge >= 0.3 is 0 Å². The Kier molecular flexibility index (Phi) is 3.38. The Morgan fingerprint density at radius 2 is 2.20 bits per heavy atom. The van der Waals surface area contributed by atoms with E-state index in [2.05, 4.69) is 24.1 Å². The van der Waals surface area contributed by atoms with E-state index in [1.807, 2.05) is 12.1 Å². The molecule has 1 amide bonds. The van der Waals surface area contributed by atoms with E-state index < -0.39 is 6.04 Å². The third-order valence-electron chi connectivity index (χ3n) is 4.50. The zero-order chi connectivity index (χ0) is 14.4. The van der Waals surface area contributed by atoms with Gasteiger partial charge in [0.25, 0.3) is 0 Å². The highest BCUT2D eigenvalue weighted by atomic mass is 35.5. The molecule has 108 valence electrons. The summed E-state index contributed by atoms with van der Waals surface area (Å²) in [5.74, 6) is 1.23. The summed E-state index contributed by atoms with van der Waals surface area (Å²) in [6.45, 7) is 6.56. The predicted octanol–water partition coefficient (Wildman–Crippen LogP) is 2.77. The van der Waals surface area contributed by atoms with Crippen molar-refractivity contribution in [3.8, 4) is 0 Å². The lowest BCUT2D eigenvalue weighted by Gasteiger charge is -2.22. The maximum absolute atomic E-state index is 11.6. The second kappa shape index (κ2) is 4.93. The summed E-state index contributed by atoms with van der Waals surface area (Å²) < 4.78 is 0. The monoisotopic (exact) mass is 293 g/mol. The van der Waals surface area contributed by atoms with Crippen LogP contribution in [-0.2, 0) is 4.79 Å². The van der Waals surface area contributed by atoms with Gasteiger partial charge in [-0.2, -0.15) is 0 Å². The van der Waals surface area contributed by atoms with Crippen LogP contribution >= 0.6 is 11.6 Å². The van der Waals surface area contributed by atoms with Crippen molar-refractivity contribution in [2.75, 3.05) is 23.3 Å². The van der Waals surface area contributed by atoms with E-state index in [-0.39, 0.29) is 5.91 Å². The van der Waals surface area contributed by atoms with Crippen LogP contribution < -0.4 is 16.0 Å². The lowest BCUT2D eigenvalue weighted by atomic mass is 9.95. The van der Waals surface area contributed by atoms with Crippen LogP contribution in [0.25, 0.3) is 0 Å². The number of hydrogen-bond donors (Lipinski definition) is 2. The molecule has 0 bridgehead atoms. The van der Waals surface area contributed by atoms with Crippen LogP contribution in [0, 0.1) is 11.8 Å². The lowest BCUT2D eigenvalue weighted by Crippen LogP contribution is -2.21. The predicted molar refractivity (Wildman–Crippen MR) is 82.2 cm³/mol. The van der Waals surface area contributed by atoms with Crippen molar-refractivity contribution in [1.29, 1.82) is 0 Å². The second-order valence-electron chi connectivity index (χ2n) is 6.10. The molecule has 3 rings (SSSR count). The quantitative estimate of drug-likeness (QED) is 0.881. The maximum atomic E-state index is 11.6. The molecule has 2 unspecified atom stereocenters. The molecular weight excluding hydrogens is 274 g/mol. The normalized spacial score (nSPS) is 25.2. The highest BCUT2D eigenvalue weighted by molar-refractivity contribution is 6.33. The van der Waals surface area contributed by atoms with Crippen molar-refractivity contribution in [2.45, 2.75) is 26.3 Å². The third-order valence-corrected chi connectivity index (χ3v) is 4.81. The van der Waals surface area contributed by atoms with E-state index in [0.717, 1.165) is 30.0 Å². The first-order chi connectivity index (χ1) is 9.47. The molecule has 4 nitrogen and oxygen atoms in total. The standard InChI is InChI=1S/C15H20ClN3O/c1-8(2)9-3-4-19(7-9)13-6-12-10(5-11(13)16)14(17)15(20)18-12/h5-6,8-9,14H,3-4,7,17H2,1-2H3,(H,18,20). The Morgan fingerprint density at radius 3 is 2.85 bits per heavy atom. The third kappa shape index (κ3) is 2.17. The molecule has 0 saturated carbocycles. The van der Waals surface area contributed by atoms with Crippen LogP contribution in [0.15, 0.2) is 12.1 Å². The van der Waals surface area contributed by atoms with Gasteiger partial charge in [0, 0.05) is 24.3 Å². The molecular formula is C15H20ClN3O. The van der Waals surface area contributed by atoms with Crippen molar-refractivity contribution >= 4 is 28.9 Å². The molecule has 1 aromatic rings. The topological polar surface area (TPSA) is 58.4 Å². The summed E-state index contributed by atoms with van der Waals surface area (Å²) in [5.41, 5.74) is 8.44. The van der Waals surface area contributed by atoms with Crippen molar-refractivity contribution in [2.24, 2.45) is 17.6 Å². The van der Waals surface area contributed by atoms with Gasteiger partial charge in [-0.05, 0) is 30.4 Å². The Bertz CT molecular complexity index is 558. The van der Waals surface area contributed by atoms with Gasteiger partial charge in [0.15, 0.2) is 0 Å². The molecule has 0 radical (unpaired) electrons. The number of carbonyl (C=O) groups is 1. The summed E-state index contributed by atoms with van der Waals surface area (Å²) in [7, 11) is 0. The Hall–Kier alpha value is -1.26. The van der Waals surface area contributed by atoms with Crippen LogP contribution in [0.2, 0.25) is 5.02 Å². The molecule has 20 heavy (non-hydrogen) atoms.